The highest BCUT2D eigenvalue weighted by molar-refractivity contribution is 14.0. The van der Waals surface area contributed by atoms with Gasteiger partial charge in [-0.1, -0.05) is 6.92 Å². The van der Waals surface area contributed by atoms with Gasteiger partial charge in [-0.05, 0) is 56.6 Å². The number of nitrogens with one attached hydrogen (secondary N) is 2. The van der Waals surface area contributed by atoms with Gasteiger partial charge < -0.3 is 15.4 Å². The Balaban J connectivity index is 0.00000208. The zero-order chi connectivity index (χ0) is 16.1. The number of aromatic nitrogens is 1. The minimum atomic E-state index is 0. The van der Waals surface area contributed by atoms with Crippen LogP contribution in [-0.4, -0.2) is 29.6 Å². The largest absolute Gasteiger partial charge is 0.474 e. The lowest BCUT2D eigenvalue weighted by molar-refractivity contribution is 0.201. The van der Waals surface area contributed by atoms with E-state index in [1.165, 1.54) is 19.3 Å². The Morgan fingerprint density at radius 1 is 1.38 bits per heavy atom. The van der Waals surface area contributed by atoms with Crippen LogP contribution in [0.2, 0.25) is 0 Å². The second-order valence-corrected chi connectivity index (χ2v) is 6.69. The second-order valence-electron chi connectivity index (χ2n) is 6.69. The van der Waals surface area contributed by atoms with Gasteiger partial charge in [0.15, 0.2) is 5.96 Å². The van der Waals surface area contributed by atoms with Crippen molar-refractivity contribution < 1.29 is 4.74 Å². The van der Waals surface area contributed by atoms with Crippen LogP contribution in [0.25, 0.3) is 0 Å². The Bertz CT molecular complexity index is 546. The molecule has 2 aliphatic rings. The molecule has 2 unspecified atom stereocenters. The molecular weight excluding hydrogens is 415 g/mol. The first-order valence-electron chi connectivity index (χ1n) is 8.91. The SMILES string of the molecule is CCNC(=NCc1ccnc(OC2CCCC2)c1)NC1CC1C.I. The molecule has 0 aliphatic heterocycles. The summed E-state index contributed by atoms with van der Waals surface area (Å²) < 4.78 is 5.97. The Kier molecular flexibility index (Phi) is 7.58. The van der Waals surface area contributed by atoms with Gasteiger partial charge in [-0.2, -0.15) is 0 Å². The lowest BCUT2D eigenvalue weighted by Gasteiger charge is -2.13. The number of aliphatic imine (C=N–C) groups is 1. The highest BCUT2D eigenvalue weighted by Crippen LogP contribution is 2.28. The maximum absolute atomic E-state index is 5.97. The number of rotatable bonds is 6. The van der Waals surface area contributed by atoms with E-state index in [0.717, 1.165) is 42.7 Å². The fourth-order valence-electron chi connectivity index (χ4n) is 2.98. The molecule has 1 aromatic heterocycles. The average molecular weight is 444 g/mol. The fourth-order valence-corrected chi connectivity index (χ4v) is 2.98. The molecule has 2 aliphatic carbocycles. The average Bonchev–Trinajstić information content (AvgIpc) is 3.00. The molecule has 1 heterocycles. The van der Waals surface area contributed by atoms with Crippen molar-refractivity contribution in [2.24, 2.45) is 10.9 Å². The van der Waals surface area contributed by atoms with Crippen molar-refractivity contribution in [3.8, 4) is 5.88 Å². The van der Waals surface area contributed by atoms with Gasteiger partial charge in [-0.3, -0.25) is 0 Å². The summed E-state index contributed by atoms with van der Waals surface area (Å²) in [6.45, 7) is 5.86. The number of halogens is 1. The summed E-state index contributed by atoms with van der Waals surface area (Å²) in [5.41, 5.74) is 1.13. The van der Waals surface area contributed by atoms with Gasteiger partial charge in [0.2, 0.25) is 5.88 Å². The molecule has 0 aromatic carbocycles. The molecule has 0 radical (unpaired) electrons. The van der Waals surface area contributed by atoms with Crippen molar-refractivity contribution in [2.45, 2.75) is 64.6 Å². The predicted octanol–water partition coefficient (Wildman–Crippen LogP) is 3.48. The van der Waals surface area contributed by atoms with E-state index in [2.05, 4.69) is 34.5 Å². The summed E-state index contributed by atoms with van der Waals surface area (Å²) in [6.07, 6.45) is 8.24. The summed E-state index contributed by atoms with van der Waals surface area (Å²) in [5.74, 6) is 2.39. The first-order valence-corrected chi connectivity index (χ1v) is 8.91. The third-order valence-electron chi connectivity index (χ3n) is 4.58. The molecule has 2 atom stereocenters. The van der Waals surface area contributed by atoms with Crippen LogP contribution in [0.15, 0.2) is 23.3 Å². The van der Waals surface area contributed by atoms with Crippen molar-refractivity contribution in [3.63, 3.8) is 0 Å². The molecule has 6 heteroatoms. The molecule has 134 valence electrons. The predicted molar refractivity (Wildman–Crippen MR) is 108 cm³/mol. The molecule has 0 amide bonds. The van der Waals surface area contributed by atoms with Gasteiger partial charge in [0.1, 0.15) is 6.10 Å². The maximum Gasteiger partial charge on any atom is 0.213 e. The zero-order valence-corrected chi connectivity index (χ0v) is 17.0. The minimum absolute atomic E-state index is 0. The molecule has 1 aromatic rings. The van der Waals surface area contributed by atoms with Gasteiger partial charge in [0.25, 0.3) is 0 Å². The Hall–Kier alpha value is -1.05. The van der Waals surface area contributed by atoms with E-state index >= 15 is 0 Å². The summed E-state index contributed by atoms with van der Waals surface area (Å²) in [6, 6.07) is 4.60. The van der Waals surface area contributed by atoms with Crippen LogP contribution in [0.5, 0.6) is 5.88 Å². The Morgan fingerprint density at radius 3 is 2.79 bits per heavy atom. The fraction of sp³-hybridized carbons (Fsp3) is 0.667. The molecule has 0 bridgehead atoms. The molecule has 2 N–H and O–H groups in total. The minimum Gasteiger partial charge on any atom is -0.474 e. The number of pyridine rings is 1. The maximum atomic E-state index is 5.97. The van der Waals surface area contributed by atoms with E-state index in [1.807, 2.05) is 18.3 Å². The van der Waals surface area contributed by atoms with E-state index in [1.54, 1.807) is 0 Å². The third-order valence-corrected chi connectivity index (χ3v) is 4.58. The normalized spacial score (nSPS) is 23.5. The monoisotopic (exact) mass is 444 g/mol. The zero-order valence-electron chi connectivity index (χ0n) is 14.6. The quantitative estimate of drug-likeness (QED) is 0.401. The van der Waals surface area contributed by atoms with E-state index < -0.39 is 0 Å². The van der Waals surface area contributed by atoms with Crippen LogP contribution >= 0.6 is 24.0 Å². The smallest absolute Gasteiger partial charge is 0.213 e. The molecule has 24 heavy (non-hydrogen) atoms. The molecule has 5 nitrogen and oxygen atoms in total. The topological polar surface area (TPSA) is 58.5 Å². The molecule has 0 saturated heterocycles. The van der Waals surface area contributed by atoms with Crippen LogP contribution in [-0.2, 0) is 6.54 Å². The number of hydrogen-bond acceptors (Lipinski definition) is 3. The molecule has 3 rings (SSSR count). The van der Waals surface area contributed by atoms with Crippen LogP contribution in [0.4, 0.5) is 0 Å². The van der Waals surface area contributed by atoms with Crippen molar-refractivity contribution in [1.29, 1.82) is 0 Å². The van der Waals surface area contributed by atoms with E-state index in [4.69, 9.17) is 4.74 Å². The summed E-state index contributed by atoms with van der Waals surface area (Å²) in [4.78, 5) is 9.02. The van der Waals surface area contributed by atoms with E-state index in [9.17, 15) is 0 Å². The van der Waals surface area contributed by atoms with Gasteiger partial charge in [-0.25, -0.2) is 9.98 Å². The van der Waals surface area contributed by atoms with E-state index in [-0.39, 0.29) is 24.0 Å². The van der Waals surface area contributed by atoms with Crippen molar-refractivity contribution in [2.75, 3.05) is 6.54 Å². The lowest BCUT2D eigenvalue weighted by Crippen LogP contribution is -2.39. The van der Waals surface area contributed by atoms with Crippen LogP contribution < -0.4 is 15.4 Å². The second kappa shape index (κ2) is 9.44. The standard InChI is InChI=1S/C18H28N4O.HI/c1-3-19-18(22-16-10-13(16)2)21-12-14-8-9-20-17(11-14)23-15-6-4-5-7-15;/h8-9,11,13,15-16H,3-7,10,12H2,1-2H3,(H2,19,21,22);1H. The van der Waals surface area contributed by atoms with Crippen molar-refractivity contribution >= 4 is 29.9 Å². The summed E-state index contributed by atoms with van der Waals surface area (Å²) in [5, 5.41) is 6.79. The van der Waals surface area contributed by atoms with Crippen molar-refractivity contribution in [3.05, 3.63) is 23.9 Å². The number of nitrogens with zero attached hydrogens (tertiary/aromatic N) is 2. The van der Waals surface area contributed by atoms with Gasteiger partial charge in [-0.15, -0.1) is 24.0 Å². The third kappa shape index (κ3) is 5.79. The van der Waals surface area contributed by atoms with Crippen LogP contribution in [0.1, 0.15) is 51.5 Å². The van der Waals surface area contributed by atoms with Crippen LogP contribution in [0.3, 0.4) is 0 Å². The van der Waals surface area contributed by atoms with E-state index in [0.29, 0.717) is 18.7 Å². The number of guanidine groups is 1. The summed E-state index contributed by atoms with van der Waals surface area (Å²) in [7, 11) is 0. The summed E-state index contributed by atoms with van der Waals surface area (Å²) >= 11 is 0. The lowest BCUT2D eigenvalue weighted by atomic mass is 10.2. The molecular formula is C18H29IN4O. The van der Waals surface area contributed by atoms with Gasteiger partial charge >= 0.3 is 0 Å². The number of ether oxygens (including phenoxy) is 1. The Labute approximate surface area is 162 Å². The first kappa shape index (κ1) is 19.3. The number of hydrogen-bond donors (Lipinski definition) is 2. The molecule has 0 spiro atoms. The Morgan fingerprint density at radius 2 is 2.12 bits per heavy atom. The van der Waals surface area contributed by atoms with Crippen molar-refractivity contribution in [1.82, 2.24) is 15.6 Å². The first-order chi connectivity index (χ1) is 11.2. The highest BCUT2D eigenvalue weighted by atomic mass is 127. The molecule has 2 fully saturated rings. The van der Waals surface area contributed by atoms with Gasteiger partial charge in [0, 0.05) is 24.8 Å². The van der Waals surface area contributed by atoms with Gasteiger partial charge in [0.05, 0.1) is 6.54 Å². The van der Waals surface area contributed by atoms with Crippen LogP contribution in [0, 0.1) is 5.92 Å². The highest BCUT2D eigenvalue weighted by Gasteiger charge is 2.33. The molecule has 2 saturated carbocycles.